The van der Waals surface area contributed by atoms with Gasteiger partial charge in [-0.25, -0.2) is 0 Å². The minimum Gasteiger partial charge on any atom is -0.466 e. The van der Waals surface area contributed by atoms with Crippen LogP contribution in [0.5, 0.6) is 0 Å². The number of carbonyl (C=O) groups is 3. The van der Waals surface area contributed by atoms with Crippen molar-refractivity contribution >= 4 is 47.0 Å². The summed E-state index contributed by atoms with van der Waals surface area (Å²) < 4.78 is 4.91. The number of likely N-dealkylation sites (tertiary alicyclic amines) is 1. The molecule has 0 unspecified atom stereocenters. The summed E-state index contributed by atoms with van der Waals surface area (Å²) in [5.41, 5.74) is 1.20. The Kier molecular flexibility index (Phi) is 3.87. The molecule has 2 saturated carbocycles. The fourth-order valence-corrected chi connectivity index (χ4v) is 7.58. The largest absolute Gasteiger partial charge is 0.466 e. The zero-order valence-electron chi connectivity index (χ0n) is 14.6. The lowest BCUT2D eigenvalue weighted by Gasteiger charge is -2.32. The Morgan fingerprint density at radius 1 is 1.30 bits per heavy atom. The topological polar surface area (TPSA) is 96.5 Å². The number of hydrogen-bond donors (Lipinski definition) is 1. The van der Waals surface area contributed by atoms with E-state index in [1.165, 1.54) is 21.8 Å². The molecule has 4 aliphatic rings. The molecule has 3 heterocycles. The fourth-order valence-electron chi connectivity index (χ4n) is 5.14. The standard InChI is InChI=1S/C18H18N2O5S2/c1-2-25-11(21)3-4-20-16(22)12-7-5-9(13(12)17(20)23)14-8(7)6-10-15(27-14)19-18(24)26-10/h6-7,9,12-14H,2-5H2,1H3,(H,19,24)/t7-,9+,12+,13+,14-/m1/s1. The van der Waals surface area contributed by atoms with Gasteiger partial charge in [-0.3, -0.25) is 24.1 Å². The van der Waals surface area contributed by atoms with Gasteiger partial charge >= 0.3 is 10.8 Å². The van der Waals surface area contributed by atoms with Crippen LogP contribution >= 0.6 is 23.1 Å². The van der Waals surface area contributed by atoms with E-state index in [1.807, 2.05) is 0 Å². The highest BCUT2D eigenvalue weighted by Gasteiger charge is 2.66. The first kappa shape index (κ1) is 17.2. The van der Waals surface area contributed by atoms with Gasteiger partial charge in [0.2, 0.25) is 11.8 Å². The predicted molar refractivity (Wildman–Crippen MR) is 99.1 cm³/mol. The Morgan fingerprint density at radius 3 is 2.85 bits per heavy atom. The molecule has 0 radical (unpaired) electrons. The van der Waals surface area contributed by atoms with Gasteiger partial charge in [-0.05, 0) is 31.3 Å². The molecule has 2 aliphatic heterocycles. The van der Waals surface area contributed by atoms with Gasteiger partial charge in [-0.15, -0.1) is 0 Å². The number of ether oxygens (including phenoxy) is 1. The highest BCUT2D eigenvalue weighted by molar-refractivity contribution is 8.00. The summed E-state index contributed by atoms with van der Waals surface area (Å²) in [7, 11) is 0. The fraction of sp³-hybridized carbons (Fsp3) is 0.556. The number of nitrogens with zero attached hydrogens (tertiary/aromatic N) is 1. The van der Waals surface area contributed by atoms with Crippen molar-refractivity contribution in [2.24, 2.45) is 23.7 Å². The Bertz CT molecular complexity index is 948. The molecule has 142 valence electrons. The van der Waals surface area contributed by atoms with E-state index in [2.05, 4.69) is 11.1 Å². The van der Waals surface area contributed by atoms with E-state index in [1.54, 1.807) is 18.7 Å². The van der Waals surface area contributed by atoms with Gasteiger partial charge in [0.1, 0.15) is 0 Å². The van der Waals surface area contributed by atoms with Crippen molar-refractivity contribution in [3.63, 3.8) is 0 Å². The normalized spacial score (nSPS) is 33.0. The number of imide groups is 1. The summed E-state index contributed by atoms with van der Waals surface area (Å²) in [6, 6.07) is 0. The summed E-state index contributed by atoms with van der Waals surface area (Å²) in [4.78, 5) is 54.1. The number of fused-ring (bicyclic) bond motifs is 9. The zero-order chi connectivity index (χ0) is 18.9. The lowest BCUT2D eigenvalue weighted by atomic mass is 9.77. The van der Waals surface area contributed by atoms with Crippen molar-refractivity contribution in [1.82, 2.24) is 9.88 Å². The van der Waals surface area contributed by atoms with Gasteiger partial charge < -0.3 is 9.72 Å². The van der Waals surface area contributed by atoms with E-state index in [0.29, 0.717) is 0 Å². The molecular weight excluding hydrogens is 388 g/mol. The first-order valence-electron chi connectivity index (χ1n) is 9.11. The molecule has 5 atom stereocenters. The third-order valence-corrected chi connectivity index (χ3v) is 8.48. The van der Waals surface area contributed by atoms with Crippen LogP contribution in [-0.4, -0.2) is 46.1 Å². The van der Waals surface area contributed by atoms with Crippen molar-refractivity contribution in [3.8, 4) is 0 Å². The van der Waals surface area contributed by atoms with Gasteiger partial charge in [0, 0.05) is 11.8 Å². The average molecular weight is 406 g/mol. The van der Waals surface area contributed by atoms with Gasteiger partial charge in [0.15, 0.2) is 0 Å². The number of thiazole rings is 1. The number of amides is 2. The number of nitrogens with one attached hydrogen (secondary N) is 1. The van der Waals surface area contributed by atoms with E-state index < -0.39 is 5.97 Å². The maximum absolute atomic E-state index is 13.0. The van der Waals surface area contributed by atoms with Crippen LogP contribution in [0.25, 0.3) is 6.08 Å². The number of aromatic amines is 1. The third-order valence-electron chi connectivity index (χ3n) is 6.09. The number of H-pyrrole nitrogens is 1. The maximum atomic E-state index is 13.0. The molecule has 1 saturated heterocycles. The van der Waals surface area contributed by atoms with Crippen LogP contribution in [0.15, 0.2) is 15.4 Å². The van der Waals surface area contributed by atoms with Crippen molar-refractivity contribution < 1.29 is 19.1 Å². The Morgan fingerprint density at radius 2 is 2.07 bits per heavy atom. The van der Waals surface area contributed by atoms with Gasteiger partial charge in [0.25, 0.3) is 0 Å². The van der Waals surface area contributed by atoms with E-state index in [0.717, 1.165) is 16.3 Å². The molecule has 1 aromatic heterocycles. The number of esters is 1. The molecule has 1 aromatic rings. The second kappa shape index (κ2) is 6.07. The van der Waals surface area contributed by atoms with Crippen LogP contribution in [0.3, 0.4) is 0 Å². The summed E-state index contributed by atoms with van der Waals surface area (Å²) >= 11 is 2.81. The van der Waals surface area contributed by atoms with Crippen molar-refractivity contribution in [1.29, 1.82) is 0 Å². The van der Waals surface area contributed by atoms with Crippen molar-refractivity contribution in [2.45, 2.75) is 30.0 Å². The van der Waals surface area contributed by atoms with Gasteiger partial charge in [-0.1, -0.05) is 28.7 Å². The van der Waals surface area contributed by atoms with E-state index in [9.17, 15) is 19.2 Å². The van der Waals surface area contributed by atoms with E-state index in [4.69, 9.17) is 4.74 Å². The molecule has 1 N–H and O–H groups in total. The Balaban J connectivity index is 1.40. The molecule has 2 amide bonds. The summed E-state index contributed by atoms with van der Waals surface area (Å²) in [5, 5.41) is 1.02. The lowest BCUT2D eigenvalue weighted by molar-refractivity contribution is -0.145. The molecule has 5 rings (SSSR count). The molecule has 2 aliphatic carbocycles. The van der Waals surface area contributed by atoms with Crippen molar-refractivity contribution in [3.05, 3.63) is 20.1 Å². The number of aromatic nitrogens is 1. The summed E-state index contributed by atoms with van der Waals surface area (Å²) in [6.45, 7) is 2.11. The van der Waals surface area contributed by atoms with Crippen LogP contribution in [0.1, 0.15) is 24.6 Å². The first-order valence-corrected chi connectivity index (χ1v) is 10.8. The zero-order valence-corrected chi connectivity index (χ0v) is 16.2. The smallest absolute Gasteiger partial charge is 0.307 e. The van der Waals surface area contributed by atoms with Gasteiger partial charge in [-0.2, -0.15) is 0 Å². The quantitative estimate of drug-likeness (QED) is 0.601. The van der Waals surface area contributed by atoms with Crippen LogP contribution in [0.2, 0.25) is 0 Å². The molecule has 0 aromatic carbocycles. The third kappa shape index (κ3) is 2.40. The van der Waals surface area contributed by atoms with Crippen LogP contribution in [0.4, 0.5) is 0 Å². The number of rotatable bonds is 4. The Labute approximate surface area is 163 Å². The number of hydrogen-bond acceptors (Lipinski definition) is 7. The highest BCUT2D eigenvalue weighted by Crippen LogP contribution is 2.64. The molecule has 9 heteroatoms. The molecular formula is C18H18N2O5S2. The van der Waals surface area contributed by atoms with Crippen LogP contribution in [-0.2, 0) is 19.1 Å². The Hall–Kier alpha value is -1.87. The van der Waals surface area contributed by atoms with Crippen LogP contribution < -0.4 is 4.87 Å². The minimum atomic E-state index is -0.390. The van der Waals surface area contributed by atoms with Crippen molar-refractivity contribution in [2.75, 3.05) is 13.2 Å². The SMILES string of the molecule is CCOC(=O)CCN1C(=O)[C@@H]2[C@@H](C1=O)[C@@H]1C[C@@H]2C2=Cc3sc(=O)[nH]c3S[C@H]21. The minimum absolute atomic E-state index is 0.0412. The van der Waals surface area contributed by atoms with E-state index >= 15 is 0 Å². The second-order valence-electron chi connectivity index (χ2n) is 7.33. The van der Waals surface area contributed by atoms with E-state index in [-0.39, 0.29) is 65.2 Å². The van der Waals surface area contributed by atoms with Gasteiger partial charge in [0.05, 0.1) is 34.8 Å². The predicted octanol–water partition coefficient (Wildman–Crippen LogP) is 1.50. The summed E-state index contributed by atoms with van der Waals surface area (Å²) in [5.74, 6) is -1.14. The lowest BCUT2D eigenvalue weighted by Crippen LogP contribution is -2.35. The highest BCUT2D eigenvalue weighted by atomic mass is 32.2. The number of thioether (sulfide) groups is 1. The maximum Gasteiger partial charge on any atom is 0.307 e. The number of carbonyl (C=O) groups excluding carboxylic acids is 3. The second-order valence-corrected chi connectivity index (χ2v) is 9.50. The average Bonchev–Trinajstić information content (AvgIpc) is 3.33. The molecule has 2 bridgehead atoms. The first-order chi connectivity index (χ1) is 13.0. The summed E-state index contributed by atoms with van der Waals surface area (Å²) in [6.07, 6.45) is 2.94. The molecule has 27 heavy (non-hydrogen) atoms. The molecule has 7 nitrogen and oxygen atoms in total. The monoisotopic (exact) mass is 406 g/mol. The van der Waals surface area contributed by atoms with Crippen LogP contribution in [0, 0.1) is 23.7 Å². The molecule has 0 spiro atoms. The molecule has 3 fully saturated rings.